The summed E-state index contributed by atoms with van der Waals surface area (Å²) in [5, 5.41) is 10.3. The monoisotopic (exact) mass is 237 g/mol. The van der Waals surface area contributed by atoms with Crippen LogP contribution >= 0.6 is 11.8 Å². The molecule has 0 radical (unpaired) electrons. The summed E-state index contributed by atoms with van der Waals surface area (Å²) in [5.41, 5.74) is 6.78. The molecule has 1 aromatic carbocycles. The molecule has 0 aromatic heterocycles. The molecule has 2 atom stereocenters. The largest absolute Gasteiger partial charge is 0.392 e. The predicted octanol–water partition coefficient (Wildman–Crippen LogP) is 2.54. The van der Waals surface area contributed by atoms with Crippen LogP contribution in [0.2, 0.25) is 0 Å². The van der Waals surface area contributed by atoms with Crippen molar-refractivity contribution < 1.29 is 5.11 Å². The third-order valence-electron chi connectivity index (χ3n) is 3.09. The molecule has 1 aliphatic rings. The standard InChI is InChI=1S/C13H19NOS/c14-9-10-4-3-5-11(8-10)16-13-7-2-1-6-12(13)15/h3-5,8,12-13,15H,1-2,6-7,9,14H2. The van der Waals surface area contributed by atoms with Crippen LogP contribution in [0.1, 0.15) is 31.2 Å². The molecule has 1 aromatic rings. The SMILES string of the molecule is NCc1cccc(SC2CCCCC2O)c1. The fraction of sp³-hybridized carbons (Fsp3) is 0.538. The van der Waals surface area contributed by atoms with Crippen LogP contribution in [0.4, 0.5) is 0 Å². The number of hydrogen-bond acceptors (Lipinski definition) is 3. The molecule has 2 nitrogen and oxygen atoms in total. The molecule has 0 bridgehead atoms. The highest BCUT2D eigenvalue weighted by Gasteiger charge is 2.23. The number of rotatable bonds is 3. The average molecular weight is 237 g/mol. The van der Waals surface area contributed by atoms with E-state index < -0.39 is 0 Å². The highest BCUT2D eigenvalue weighted by molar-refractivity contribution is 8.00. The first-order chi connectivity index (χ1) is 7.79. The van der Waals surface area contributed by atoms with E-state index in [4.69, 9.17) is 5.73 Å². The van der Waals surface area contributed by atoms with Gasteiger partial charge < -0.3 is 10.8 Å². The molecule has 16 heavy (non-hydrogen) atoms. The van der Waals surface area contributed by atoms with Gasteiger partial charge in [0.15, 0.2) is 0 Å². The Bertz CT molecular complexity index is 342. The van der Waals surface area contributed by atoms with Gasteiger partial charge in [0, 0.05) is 16.7 Å². The van der Waals surface area contributed by atoms with Crippen LogP contribution in [0.15, 0.2) is 29.2 Å². The van der Waals surface area contributed by atoms with Crippen molar-refractivity contribution in [2.24, 2.45) is 5.73 Å². The maximum absolute atomic E-state index is 9.91. The van der Waals surface area contributed by atoms with Crippen molar-refractivity contribution in [2.75, 3.05) is 0 Å². The van der Waals surface area contributed by atoms with Crippen LogP contribution in [0.3, 0.4) is 0 Å². The highest BCUT2D eigenvalue weighted by atomic mass is 32.2. The minimum atomic E-state index is -0.139. The second kappa shape index (κ2) is 5.71. The van der Waals surface area contributed by atoms with Crippen molar-refractivity contribution in [3.05, 3.63) is 29.8 Å². The third kappa shape index (κ3) is 3.00. The van der Waals surface area contributed by atoms with Gasteiger partial charge >= 0.3 is 0 Å². The van der Waals surface area contributed by atoms with E-state index in [2.05, 4.69) is 12.1 Å². The summed E-state index contributed by atoms with van der Waals surface area (Å²) in [5.74, 6) is 0. The topological polar surface area (TPSA) is 46.2 Å². The summed E-state index contributed by atoms with van der Waals surface area (Å²) in [6.07, 6.45) is 4.35. The molecule has 0 saturated heterocycles. The lowest BCUT2D eigenvalue weighted by molar-refractivity contribution is 0.137. The van der Waals surface area contributed by atoms with Gasteiger partial charge in [-0.2, -0.15) is 0 Å². The molecular formula is C13H19NOS. The second-order valence-electron chi connectivity index (χ2n) is 4.36. The van der Waals surface area contributed by atoms with E-state index >= 15 is 0 Å². The lowest BCUT2D eigenvalue weighted by Gasteiger charge is -2.27. The Labute approximate surface area is 101 Å². The van der Waals surface area contributed by atoms with Crippen molar-refractivity contribution in [1.82, 2.24) is 0 Å². The Morgan fingerprint density at radius 2 is 2.12 bits per heavy atom. The number of aliphatic hydroxyl groups is 1. The van der Waals surface area contributed by atoms with Crippen LogP contribution in [-0.2, 0) is 6.54 Å². The molecule has 0 aliphatic heterocycles. The van der Waals surface area contributed by atoms with Gasteiger partial charge in [-0.25, -0.2) is 0 Å². The number of benzene rings is 1. The molecule has 0 heterocycles. The van der Waals surface area contributed by atoms with Gasteiger partial charge in [0.2, 0.25) is 0 Å². The van der Waals surface area contributed by atoms with Gasteiger partial charge in [0.25, 0.3) is 0 Å². The Balaban J connectivity index is 2.01. The molecule has 0 spiro atoms. The Hall–Kier alpha value is -0.510. The van der Waals surface area contributed by atoms with Crippen LogP contribution in [0.5, 0.6) is 0 Å². The quantitative estimate of drug-likeness (QED) is 0.849. The zero-order chi connectivity index (χ0) is 11.4. The molecule has 1 aliphatic carbocycles. The van der Waals surface area contributed by atoms with E-state index in [0.29, 0.717) is 11.8 Å². The van der Waals surface area contributed by atoms with E-state index in [1.165, 1.54) is 17.7 Å². The van der Waals surface area contributed by atoms with E-state index in [-0.39, 0.29) is 6.10 Å². The molecule has 1 saturated carbocycles. The third-order valence-corrected chi connectivity index (χ3v) is 4.47. The second-order valence-corrected chi connectivity index (χ2v) is 5.67. The number of aliphatic hydroxyl groups excluding tert-OH is 1. The number of thioether (sulfide) groups is 1. The number of hydrogen-bond donors (Lipinski definition) is 2. The molecule has 3 heteroatoms. The molecule has 3 N–H and O–H groups in total. The summed E-state index contributed by atoms with van der Waals surface area (Å²) >= 11 is 1.80. The van der Waals surface area contributed by atoms with E-state index in [1.54, 1.807) is 11.8 Å². The summed E-state index contributed by atoms with van der Waals surface area (Å²) in [4.78, 5) is 1.23. The number of nitrogens with two attached hydrogens (primary N) is 1. The van der Waals surface area contributed by atoms with Crippen molar-refractivity contribution in [3.63, 3.8) is 0 Å². The van der Waals surface area contributed by atoms with Gasteiger partial charge in [0.05, 0.1) is 6.10 Å². The predicted molar refractivity (Wildman–Crippen MR) is 68.5 cm³/mol. The zero-order valence-corrected chi connectivity index (χ0v) is 10.2. The Kier molecular flexibility index (Phi) is 4.27. The van der Waals surface area contributed by atoms with Crippen molar-refractivity contribution in [2.45, 2.75) is 48.5 Å². The Morgan fingerprint density at radius 1 is 1.31 bits per heavy atom. The fourth-order valence-electron chi connectivity index (χ4n) is 2.14. The lowest BCUT2D eigenvalue weighted by Crippen LogP contribution is -2.26. The van der Waals surface area contributed by atoms with Crippen LogP contribution < -0.4 is 5.73 Å². The summed E-state index contributed by atoms with van der Waals surface area (Å²) in [7, 11) is 0. The van der Waals surface area contributed by atoms with Crippen molar-refractivity contribution in [3.8, 4) is 0 Å². The van der Waals surface area contributed by atoms with E-state index in [9.17, 15) is 5.11 Å². The van der Waals surface area contributed by atoms with Crippen molar-refractivity contribution in [1.29, 1.82) is 0 Å². The van der Waals surface area contributed by atoms with Gasteiger partial charge in [-0.15, -0.1) is 11.8 Å². The minimum absolute atomic E-state index is 0.139. The summed E-state index contributed by atoms with van der Waals surface area (Å²) < 4.78 is 0. The smallest absolute Gasteiger partial charge is 0.0662 e. The van der Waals surface area contributed by atoms with Crippen LogP contribution in [0.25, 0.3) is 0 Å². The van der Waals surface area contributed by atoms with Gasteiger partial charge in [-0.1, -0.05) is 25.0 Å². The fourth-order valence-corrected chi connectivity index (χ4v) is 3.44. The average Bonchev–Trinajstić information content (AvgIpc) is 2.32. The first kappa shape index (κ1) is 12.0. The molecule has 2 rings (SSSR count). The van der Waals surface area contributed by atoms with E-state index in [0.717, 1.165) is 18.4 Å². The zero-order valence-electron chi connectivity index (χ0n) is 9.43. The maximum Gasteiger partial charge on any atom is 0.0662 e. The first-order valence-corrected chi connectivity index (χ1v) is 6.81. The van der Waals surface area contributed by atoms with Gasteiger partial charge in [-0.3, -0.25) is 0 Å². The summed E-state index contributed by atoms with van der Waals surface area (Å²) in [6.45, 7) is 0.585. The van der Waals surface area contributed by atoms with Gasteiger partial charge in [0.1, 0.15) is 0 Å². The molecule has 88 valence electrons. The van der Waals surface area contributed by atoms with Crippen molar-refractivity contribution >= 4 is 11.8 Å². The van der Waals surface area contributed by atoms with E-state index in [1.807, 2.05) is 12.1 Å². The summed E-state index contributed by atoms with van der Waals surface area (Å²) in [6, 6.07) is 8.32. The molecular weight excluding hydrogens is 218 g/mol. The molecule has 1 fully saturated rings. The van der Waals surface area contributed by atoms with Gasteiger partial charge in [-0.05, 0) is 30.5 Å². The Morgan fingerprint density at radius 3 is 2.88 bits per heavy atom. The first-order valence-electron chi connectivity index (χ1n) is 5.93. The highest BCUT2D eigenvalue weighted by Crippen LogP contribution is 2.34. The lowest BCUT2D eigenvalue weighted by atomic mass is 9.97. The van der Waals surface area contributed by atoms with Crippen LogP contribution in [-0.4, -0.2) is 16.5 Å². The maximum atomic E-state index is 9.91. The molecule has 2 unspecified atom stereocenters. The van der Waals surface area contributed by atoms with Crippen LogP contribution in [0, 0.1) is 0 Å². The molecule has 0 amide bonds. The minimum Gasteiger partial charge on any atom is -0.392 e. The normalized spacial score (nSPS) is 25.6.